The van der Waals surface area contributed by atoms with E-state index in [9.17, 15) is 14.9 Å². The van der Waals surface area contributed by atoms with Crippen molar-refractivity contribution in [2.24, 2.45) is 5.92 Å². The first kappa shape index (κ1) is 16.5. The Hall–Kier alpha value is -1.92. The van der Waals surface area contributed by atoms with Gasteiger partial charge in [-0.05, 0) is 20.8 Å². The number of anilines is 1. The van der Waals surface area contributed by atoms with Gasteiger partial charge in [0.15, 0.2) is 0 Å². The number of nitrogens with zero attached hydrogens (tertiary/aromatic N) is 3. The van der Waals surface area contributed by atoms with Gasteiger partial charge < -0.3 is 5.32 Å². The highest BCUT2D eigenvalue weighted by Gasteiger charge is 2.53. The molecular weight excluding hydrogens is 284 g/mol. The lowest BCUT2D eigenvalue weighted by Crippen LogP contribution is -2.28. The molecule has 22 heavy (non-hydrogen) atoms. The quantitative estimate of drug-likeness (QED) is 0.686. The molecule has 7 heteroatoms. The SMILES string of the molecule is CC(C)(C)c1cc(NC(=O)[C@H]2C[C@H]2[N+](=O)[O-])n(C(C)(C)C)n1. The molecule has 0 saturated heterocycles. The Morgan fingerprint density at radius 2 is 1.95 bits per heavy atom. The van der Waals surface area contributed by atoms with Crippen LogP contribution in [0.5, 0.6) is 0 Å². The van der Waals surface area contributed by atoms with Crippen LogP contribution < -0.4 is 5.32 Å². The van der Waals surface area contributed by atoms with Gasteiger partial charge in [0, 0.05) is 22.8 Å². The van der Waals surface area contributed by atoms with Crippen molar-refractivity contribution in [3.8, 4) is 0 Å². The average Bonchev–Trinajstić information content (AvgIpc) is 3.01. The van der Waals surface area contributed by atoms with Crippen molar-refractivity contribution in [3.63, 3.8) is 0 Å². The second-order valence-electron chi connectivity index (χ2n) is 7.93. The second-order valence-corrected chi connectivity index (χ2v) is 7.93. The van der Waals surface area contributed by atoms with Crippen LogP contribution in [0.1, 0.15) is 53.7 Å². The third-order valence-electron chi connectivity index (χ3n) is 3.73. The highest BCUT2D eigenvalue weighted by Crippen LogP contribution is 2.35. The van der Waals surface area contributed by atoms with Gasteiger partial charge in [-0.15, -0.1) is 0 Å². The molecule has 1 heterocycles. The third-order valence-corrected chi connectivity index (χ3v) is 3.73. The minimum Gasteiger partial charge on any atom is -0.310 e. The van der Waals surface area contributed by atoms with Gasteiger partial charge in [0.2, 0.25) is 11.9 Å². The minimum absolute atomic E-state index is 0.140. The van der Waals surface area contributed by atoms with Crippen LogP contribution in [0, 0.1) is 16.0 Å². The van der Waals surface area contributed by atoms with Gasteiger partial charge in [0.05, 0.1) is 11.2 Å². The van der Waals surface area contributed by atoms with Gasteiger partial charge >= 0.3 is 0 Å². The molecule has 1 aromatic rings. The molecule has 0 aromatic carbocycles. The number of hydrogen-bond donors (Lipinski definition) is 1. The van der Waals surface area contributed by atoms with Crippen LogP contribution >= 0.6 is 0 Å². The van der Waals surface area contributed by atoms with E-state index < -0.39 is 12.0 Å². The molecule has 1 aliphatic rings. The molecule has 1 aromatic heterocycles. The van der Waals surface area contributed by atoms with Crippen molar-refractivity contribution in [2.45, 2.75) is 65.0 Å². The number of aromatic nitrogens is 2. The van der Waals surface area contributed by atoms with Gasteiger partial charge in [0.25, 0.3) is 0 Å². The van der Waals surface area contributed by atoms with Crippen LogP contribution in [0.2, 0.25) is 0 Å². The Morgan fingerprint density at radius 1 is 1.36 bits per heavy atom. The highest BCUT2D eigenvalue weighted by molar-refractivity contribution is 5.94. The van der Waals surface area contributed by atoms with E-state index in [1.54, 1.807) is 4.68 Å². The fourth-order valence-electron chi connectivity index (χ4n) is 2.26. The summed E-state index contributed by atoms with van der Waals surface area (Å²) in [6, 6.07) is 1.11. The molecule has 122 valence electrons. The Morgan fingerprint density at radius 3 is 2.36 bits per heavy atom. The van der Waals surface area contributed by atoms with Gasteiger partial charge in [-0.2, -0.15) is 5.10 Å². The molecule has 2 atom stereocenters. The standard InChI is InChI=1S/C15H24N4O3/c1-14(2,3)11-8-12(18(17-11)15(4,5)6)16-13(20)9-7-10(9)19(21)22/h8-10H,7H2,1-6H3,(H,16,20)/t9-,10+/m0/s1. The summed E-state index contributed by atoms with van der Waals surface area (Å²) in [6.45, 7) is 12.2. The summed E-state index contributed by atoms with van der Waals surface area (Å²) in [4.78, 5) is 22.5. The van der Waals surface area contributed by atoms with Gasteiger partial charge in [-0.3, -0.25) is 14.9 Å². The molecule has 0 bridgehead atoms. The lowest BCUT2D eigenvalue weighted by Gasteiger charge is -2.23. The zero-order valence-electron chi connectivity index (χ0n) is 14.0. The predicted octanol–water partition coefficient (Wildman–Crippen LogP) is 2.54. The number of nitrogens with one attached hydrogen (secondary N) is 1. The summed E-state index contributed by atoms with van der Waals surface area (Å²) < 4.78 is 1.77. The van der Waals surface area contributed by atoms with Crippen LogP contribution in [-0.4, -0.2) is 26.7 Å². The maximum atomic E-state index is 12.2. The van der Waals surface area contributed by atoms with Crippen molar-refractivity contribution in [1.82, 2.24) is 9.78 Å². The molecule has 1 aliphatic carbocycles. The largest absolute Gasteiger partial charge is 0.310 e. The average molecular weight is 308 g/mol. The van der Waals surface area contributed by atoms with Crippen molar-refractivity contribution >= 4 is 11.7 Å². The normalized spacial score (nSPS) is 21.5. The number of amides is 1. The number of nitro groups is 1. The smallest absolute Gasteiger partial charge is 0.235 e. The molecule has 0 aliphatic heterocycles. The lowest BCUT2D eigenvalue weighted by atomic mass is 9.92. The van der Waals surface area contributed by atoms with Crippen molar-refractivity contribution in [1.29, 1.82) is 0 Å². The molecule has 0 radical (unpaired) electrons. The fourth-order valence-corrected chi connectivity index (χ4v) is 2.26. The van der Waals surface area contributed by atoms with E-state index in [4.69, 9.17) is 0 Å². The van der Waals surface area contributed by atoms with Gasteiger partial charge in [-0.1, -0.05) is 20.8 Å². The fraction of sp³-hybridized carbons (Fsp3) is 0.733. The molecule has 1 saturated carbocycles. The maximum Gasteiger partial charge on any atom is 0.235 e. The Kier molecular flexibility index (Phi) is 3.79. The molecular formula is C15H24N4O3. The molecule has 1 fully saturated rings. The van der Waals surface area contributed by atoms with Crippen LogP contribution in [-0.2, 0) is 15.7 Å². The Labute approximate surface area is 130 Å². The van der Waals surface area contributed by atoms with Crippen LogP contribution in [0.25, 0.3) is 0 Å². The van der Waals surface area contributed by atoms with Gasteiger partial charge in [0.1, 0.15) is 11.7 Å². The maximum absolute atomic E-state index is 12.2. The number of rotatable bonds is 3. The monoisotopic (exact) mass is 308 g/mol. The Bertz CT molecular complexity index is 607. The van der Waals surface area contributed by atoms with E-state index in [1.807, 2.05) is 26.8 Å². The first-order valence-corrected chi connectivity index (χ1v) is 7.46. The van der Waals surface area contributed by atoms with E-state index in [-0.39, 0.29) is 21.8 Å². The van der Waals surface area contributed by atoms with Crippen molar-refractivity contribution in [3.05, 3.63) is 21.9 Å². The molecule has 0 unspecified atom stereocenters. The van der Waals surface area contributed by atoms with Crippen molar-refractivity contribution in [2.75, 3.05) is 5.32 Å². The van der Waals surface area contributed by atoms with Crippen LogP contribution in [0.15, 0.2) is 6.07 Å². The van der Waals surface area contributed by atoms with Crippen LogP contribution in [0.4, 0.5) is 5.82 Å². The number of hydrogen-bond acceptors (Lipinski definition) is 4. The molecule has 1 amide bonds. The first-order chi connectivity index (χ1) is 9.91. The topological polar surface area (TPSA) is 90.1 Å². The minimum atomic E-state index is -0.743. The summed E-state index contributed by atoms with van der Waals surface area (Å²) in [6.07, 6.45) is 0.314. The van der Waals surface area contributed by atoms with Gasteiger partial charge in [-0.25, -0.2) is 4.68 Å². The van der Waals surface area contributed by atoms with E-state index in [0.29, 0.717) is 12.2 Å². The van der Waals surface area contributed by atoms with Crippen molar-refractivity contribution < 1.29 is 9.72 Å². The van der Waals surface area contributed by atoms with E-state index >= 15 is 0 Å². The summed E-state index contributed by atoms with van der Waals surface area (Å²) >= 11 is 0. The van der Waals surface area contributed by atoms with Crippen LogP contribution in [0.3, 0.4) is 0 Å². The van der Waals surface area contributed by atoms with E-state index in [1.165, 1.54) is 0 Å². The molecule has 7 nitrogen and oxygen atoms in total. The highest BCUT2D eigenvalue weighted by atomic mass is 16.6. The second kappa shape index (κ2) is 5.07. The number of carbonyl (C=O) groups is 1. The summed E-state index contributed by atoms with van der Waals surface area (Å²) in [5, 5.41) is 18.1. The molecule has 0 spiro atoms. The lowest BCUT2D eigenvalue weighted by molar-refractivity contribution is -0.497. The number of carbonyl (C=O) groups excluding carboxylic acids is 1. The Balaban J connectivity index is 2.25. The summed E-state index contributed by atoms with van der Waals surface area (Å²) in [7, 11) is 0. The zero-order chi connectivity index (χ0) is 16.9. The predicted molar refractivity (Wildman–Crippen MR) is 83.4 cm³/mol. The van der Waals surface area contributed by atoms with E-state index in [2.05, 4.69) is 31.2 Å². The first-order valence-electron chi connectivity index (χ1n) is 7.46. The third kappa shape index (κ3) is 3.28. The molecule has 2 rings (SSSR count). The summed E-state index contributed by atoms with van der Waals surface area (Å²) in [5.74, 6) is -0.236. The summed E-state index contributed by atoms with van der Waals surface area (Å²) in [5.41, 5.74) is 0.441. The molecule has 1 N–H and O–H groups in total. The van der Waals surface area contributed by atoms with E-state index in [0.717, 1.165) is 5.69 Å². The zero-order valence-corrected chi connectivity index (χ0v) is 14.0.